The van der Waals surface area contributed by atoms with Crippen LogP contribution in [0.5, 0.6) is 0 Å². The summed E-state index contributed by atoms with van der Waals surface area (Å²) in [4.78, 5) is 38.1. The van der Waals surface area contributed by atoms with Gasteiger partial charge in [-0.2, -0.15) is 0 Å². The number of aliphatic carboxylic acids is 1. The molecule has 1 saturated heterocycles. The quantitative estimate of drug-likeness (QED) is 0.862. The second-order valence-electron chi connectivity index (χ2n) is 5.11. The number of pyridine rings is 1. The van der Waals surface area contributed by atoms with Gasteiger partial charge in [-0.1, -0.05) is 0 Å². The van der Waals surface area contributed by atoms with E-state index in [-0.39, 0.29) is 17.9 Å². The fourth-order valence-corrected chi connectivity index (χ4v) is 2.51. The number of carbonyl (C=O) groups excluding carboxylic acids is 1. The summed E-state index contributed by atoms with van der Waals surface area (Å²) in [5, 5.41) is 8.66. The minimum atomic E-state index is -0.771. The van der Waals surface area contributed by atoms with E-state index in [0.29, 0.717) is 31.0 Å². The lowest BCUT2D eigenvalue weighted by Crippen LogP contribution is -2.38. The van der Waals surface area contributed by atoms with E-state index in [4.69, 9.17) is 5.11 Å². The number of carbonyl (C=O) groups is 2. The maximum atomic E-state index is 12.2. The lowest BCUT2D eigenvalue weighted by Gasteiger charge is -2.31. The van der Waals surface area contributed by atoms with Crippen LogP contribution >= 0.6 is 0 Å². The van der Waals surface area contributed by atoms with Crippen molar-refractivity contribution in [2.45, 2.75) is 25.7 Å². The third kappa shape index (κ3) is 3.69. The number of amides is 1. The molecule has 0 unspecified atom stereocenters. The van der Waals surface area contributed by atoms with Crippen molar-refractivity contribution >= 4 is 11.9 Å². The number of aromatic nitrogens is 1. The molecule has 0 bridgehead atoms. The van der Waals surface area contributed by atoms with Gasteiger partial charge in [-0.3, -0.25) is 14.4 Å². The zero-order valence-corrected chi connectivity index (χ0v) is 11.2. The summed E-state index contributed by atoms with van der Waals surface area (Å²) in [6.07, 6.45) is 3.97. The van der Waals surface area contributed by atoms with E-state index in [1.807, 2.05) is 0 Å². The molecular weight excluding hydrogens is 260 g/mol. The summed E-state index contributed by atoms with van der Waals surface area (Å²) >= 11 is 0. The Morgan fingerprint density at radius 3 is 2.65 bits per heavy atom. The first-order valence-corrected chi connectivity index (χ1v) is 6.76. The lowest BCUT2D eigenvalue weighted by atomic mass is 9.92. The molecule has 20 heavy (non-hydrogen) atoms. The minimum Gasteiger partial charge on any atom is -0.481 e. The van der Waals surface area contributed by atoms with Crippen LogP contribution in [0.3, 0.4) is 0 Å². The van der Waals surface area contributed by atoms with Crippen LogP contribution in [0.2, 0.25) is 0 Å². The van der Waals surface area contributed by atoms with Gasteiger partial charge < -0.3 is 15.0 Å². The van der Waals surface area contributed by atoms with E-state index >= 15 is 0 Å². The summed E-state index contributed by atoms with van der Waals surface area (Å²) in [6, 6.07) is 2.90. The number of carboxylic acids is 1. The van der Waals surface area contributed by atoms with E-state index in [2.05, 4.69) is 4.98 Å². The van der Waals surface area contributed by atoms with Crippen molar-refractivity contribution in [1.29, 1.82) is 0 Å². The minimum absolute atomic E-state index is 0.132. The number of carboxylic acid groups (broad SMARTS) is 1. The molecule has 0 saturated carbocycles. The van der Waals surface area contributed by atoms with E-state index < -0.39 is 5.97 Å². The largest absolute Gasteiger partial charge is 0.481 e. The molecule has 2 heterocycles. The van der Waals surface area contributed by atoms with Crippen molar-refractivity contribution in [2.75, 3.05) is 13.1 Å². The van der Waals surface area contributed by atoms with Crippen LogP contribution in [0.4, 0.5) is 0 Å². The average Bonchev–Trinajstić information content (AvgIpc) is 2.45. The first-order valence-electron chi connectivity index (χ1n) is 6.76. The summed E-state index contributed by atoms with van der Waals surface area (Å²) in [5.41, 5.74) is 0.116. The molecule has 0 spiro atoms. The van der Waals surface area contributed by atoms with Gasteiger partial charge in [0.05, 0.1) is 0 Å². The highest BCUT2D eigenvalue weighted by Gasteiger charge is 2.24. The van der Waals surface area contributed by atoms with E-state index in [0.717, 1.165) is 12.8 Å². The first kappa shape index (κ1) is 14.3. The maximum absolute atomic E-state index is 12.2. The summed E-state index contributed by atoms with van der Waals surface area (Å²) in [6.45, 7) is 1.24. The monoisotopic (exact) mass is 278 g/mol. The van der Waals surface area contributed by atoms with Crippen molar-refractivity contribution in [3.05, 3.63) is 34.2 Å². The second kappa shape index (κ2) is 6.36. The highest BCUT2D eigenvalue weighted by atomic mass is 16.4. The predicted octanol–water partition coefficient (Wildman–Crippen LogP) is 1.09. The molecule has 0 atom stereocenters. The van der Waals surface area contributed by atoms with Gasteiger partial charge >= 0.3 is 5.97 Å². The fourth-order valence-electron chi connectivity index (χ4n) is 2.51. The Morgan fingerprint density at radius 1 is 1.35 bits per heavy atom. The van der Waals surface area contributed by atoms with Crippen molar-refractivity contribution in [3.63, 3.8) is 0 Å². The molecule has 108 valence electrons. The van der Waals surface area contributed by atoms with Crippen molar-refractivity contribution in [3.8, 4) is 0 Å². The molecule has 1 aliphatic rings. The third-order valence-corrected chi connectivity index (χ3v) is 3.69. The van der Waals surface area contributed by atoms with Gasteiger partial charge in [0, 0.05) is 37.3 Å². The van der Waals surface area contributed by atoms with Gasteiger partial charge in [0.25, 0.3) is 5.91 Å². The number of rotatable bonds is 4. The molecule has 0 radical (unpaired) electrons. The topological polar surface area (TPSA) is 90.5 Å². The molecule has 1 amide bonds. The Morgan fingerprint density at radius 2 is 2.05 bits per heavy atom. The number of nitrogens with zero attached hydrogens (tertiary/aromatic N) is 1. The van der Waals surface area contributed by atoms with Crippen LogP contribution in [-0.4, -0.2) is 40.0 Å². The number of H-pyrrole nitrogens is 1. The Balaban J connectivity index is 1.89. The molecule has 1 fully saturated rings. The zero-order chi connectivity index (χ0) is 14.5. The number of likely N-dealkylation sites (tertiary alicyclic amines) is 1. The van der Waals surface area contributed by atoms with E-state index in [1.165, 1.54) is 12.3 Å². The highest BCUT2D eigenvalue weighted by molar-refractivity contribution is 5.94. The molecule has 1 aromatic rings. The van der Waals surface area contributed by atoms with Crippen molar-refractivity contribution in [1.82, 2.24) is 9.88 Å². The van der Waals surface area contributed by atoms with Gasteiger partial charge in [-0.25, -0.2) is 0 Å². The molecular formula is C14H18N2O4. The van der Waals surface area contributed by atoms with E-state index in [1.54, 1.807) is 11.0 Å². The van der Waals surface area contributed by atoms with Crippen LogP contribution in [0.15, 0.2) is 23.1 Å². The summed E-state index contributed by atoms with van der Waals surface area (Å²) < 4.78 is 0. The summed E-state index contributed by atoms with van der Waals surface area (Å²) in [5.74, 6) is -0.533. The van der Waals surface area contributed by atoms with Crippen LogP contribution < -0.4 is 5.56 Å². The number of aromatic amines is 1. The molecule has 2 N–H and O–H groups in total. The van der Waals surface area contributed by atoms with Crippen molar-refractivity contribution in [2.24, 2.45) is 5.92 Å². The lowest BCUT2D eigenvalue weighted by molar-refractivity contribution is -0.137. The fraction of sp³-hybridized carbons (Fsp3) is 0.500. The van der Waals surface area contributed by atoms with Gasteiger partial charge in [-0.05, 0) is 31.2 Å². The van der Waals surface area contributed by atoms with Gasteiger partial charge in [0.15, 0.2) is 0 Å². The normalized spacial score (nSPS) is 16.1. The Kier molecular flexibility index (Phi) is 4.55. The molecule has 0 aromatic carbocycles. The smallest absolute Gasteiger partial charge is 0.303 e. The van der Waals surface area contributed by atoms with Gasteiger partial charge in [0.1, 0.15) is 0 Å². The molecule has 1 aliphatic heterocycles. The van der Waals surface area contributed by atoms with Crippen LogP contribution in [-0.2, 0) is 4.79 Å². The predicted molar refractivity (Wildman–Crippen MR) is 72.6 cm³/mol. The maximum Gasteiger partial charge on any atom is 0.303 e. The SMILES string of the molecule is O=C(O)CCC1CCN(C(=O)c2cc[nH]c(=O)c2)CC1. The second-order valence-corrected chi connectivity index (χ2v) is 5.11. The molecule has 2 rings (SSSR count). The number of piperidine rings is 1. The number of nitrogens with one attached hydrogen (secondary N) is 1. The van der Waals surface area contributed by atoms with Crippen LogP contribution in [0.1, 0.15) is 36.0 Å². The molecule has 6 nitrogen and oxygen atoms in total. The number of hydrogen-bond donors (Lipinski definition) is 2. The Bertz CT molecular complexity index is 544. The molecule has 1 aromatic heterocycles. The standard InChI is InChI=1S/C14H18N2O4/c17-12-9-11(3-6-15-12)14(20)16-7-4-10(5-8-16)1-2-13(18)19/h3,6,9-10H,1-2,4-5,7-8H2,(H,15,17)(H,18,19). The Labute approximate surface area is 116 Å². The van der Waals surface area contributed by atoms with Gasteiger partial charge in [0.2, 0.25) is 5.56 Å². The molecule has 6 heteroatoms. The van der Waals surface area contributed by atoms with Crippen LogP contribution in [0.25, 0.3) is 0 Å². The van der Waals surface area contributed by atoms with Crippen molar-refractivity contribution < 1.29 is 14.7 Å². The first-order chi connectivity index (χ1) is 9.56. The third-order valence-electron chi connectivity index (χ3n) is 3.69. The zero-order valence-electron chi connectivity index (χ0n) is 11.2. The van der Waals surface area contributed by atoms with Crippen LogP contribution in [0, 0.1) is 5.92 Å². The van der Waals surface area contributed by atoms with E-state index in [9.17, 15) is 14.4 Å². The van der Waals surface area contributed by atoms with Gasteiger partial charge in [-0.15, -0.1) is 0 Å². The average molecular weight is 278 g/mol. The number of hydrogen-bond acceptors (Lipinski definition) is 3. The Hall–Kier alpha value is -2.11. The highest BCUT2D eigenvalue weighted by Crippen LogP contribution is 2.22. The molecule has 0 aliphatic carbocycles. The summed E-state index contributed by atoms with van der Waals surface area (Å²) in [7, 11) is 0.